The number of aromatic nitrogens is 2. The summed E-state index contributed by atoms with van der Waals surface area (Å²) in [6, 6.07) is 1.90. The van der Waals surface area contributed by atoms with Crippen molar-refractivity contribution in [1.29, 1.82) is 0 Å². The molecule has 0 fully saturated rings. The maximum Gasteiger partial charge on any atom is 0.390 e. The first-order valence-electron chi connectivity index (χ1n) is 4.11. The lowest BCUT2D eigenvalue weighted by Gasteiger charge is -2.18. The monoisotopic (exact) mass is 182 g/mol. The zero-order valence-electron chi connectivity index (χ0n) is 7.23. The van der Waals surface area contributed by atoms with Crippen LogP contribution in [0, 0.1) is 10.1 Å². The number of rotatable bonds is 1. The van der Waals surface area contributed by atoms with Crippen LogP contribution in [0.1, 0.15) is 12.6 Å². The standard InChI is InChI=1S/C7H10N4O2/c1-5-2-6-3-7(11(12)13)9-10(6)4-8-5/h3,5,8H,2,4H2,1H3. The molecule has 1 aliphatic rings. The van der Waals surface area contributed by atoms with E-state index in [1.165, 1.54) is 6.07 Å². The summed E-state index contributed by atoms with van der Waals surface area (Å²) in [4.78, 5) is 9.95. The molecule has 1 aliphatic heterocycles. The second-order valence-electron chi connectivity index (χ2n) is 3.22. The molecule has 0 saturated heterocycles. The van der Waals surface area contributed by atoms with Crippen LogP contribution in [0.2, 0.25) is 0 Å². The van der Waals surface area contributed by atoms with Gasteiger partial charge in [-0.2, -0.15) is 4.68 Å². The Morgan fingerprint density at radius 3 is 3.31 bits per heavy atom. The molecule has 0 aliphatic carbocycles. The van der Waals surface area contributed by atoms with Gasteiger partial charge in [-0.3, -0.25) is 5.32 Å². The van der Waals surface area contributed by atoms with E-state index in [0.29, 0.717) is 12.7 Å². The molecule has 2 rings (SSSR count). The summed E-state index contributed by atoms with van der Waals surface area (Å²) in [7, 11) is 0. The Bertz CT molecular complexity index is 346. The number of nitrogens with one attached hydrogen (secondary N) is 1. The topological polar surface area (TPSA) is 73.0 Å². The van der Waals surface area contributed by atoms with Gasteiger partial charge in [0.1, 0.15) is 6.67 Å². The fourth-order valence-electron chi connectivity index (χ4n) is 1.46. The van der Waals surface area contributed by atoms with E-state index in [2.05, 4.69) is 10.4 Å². The van der Waals surface area contributed by atoms with E-state index in [9.17, 15) is 10.1 Å². The first kappa shape index (κ1) is 8.18. The molecular weight excluding hydrogens is 172 g/mol. The second kappa shape index (κ2) is 2.81. The van der Waals surface area contributed by atoms with Gasteiger partial charge in [-0.1, -0.05) is 0 Å². The highest BCUT2D eigenvalue weighted by atomic mass is 16.6. The van der Waals surface area contributed by atoms with Crippen molar-refractivity contribution >= 4 is 5.82 Å². The minimum absolute atomic E-state index is 0.0640. The predicted octanol–water partition coefficient (Wildman–Crippen LogP) is 0.283. The maximum atomic E-state index is 10.4. The summed E-state index contributed by atoms with van der Waals surface area (Å²) in [6.07, 6.45) is 0.792. The largest absolute Gasteiger partial charge is 0.390 e. The number of hydrogen-bond donors (Lipinski definition) is 1. The molecule has 1 unspecified atom stereocenters. The predicted molar refractivity (Wildman–Crippen MR) is 45.2 cm³/mol. The van der Waals surface area contributed by atoms with Gasteiger partial charge in [-0.25, -0.2) is 0 Å². The smallest absolute Gasteiger partial charge is 0.358 e. The van der Waals surface area contributed by atoms with Crippen LogP contribution in [-0.4, -0.2) is 20.7 Å². The van der Waals surface area contributed by atoms with Crippen LogP contribution in [0.5, 0.6) is 0 Å². The van der Waals surface area contributed by atoms with Gasteiger partial charge in [0.25, 0.3) is 0 Å². The van der Waals surface area contributed by atoms with Crippen molar-refractivity contribution in [3.05, 3.63) is 21.9 Å². The Labute approximate surface area is 74.7 Å². The molecule has 0 radical (unpaired) electrons. The summed E-state index contributed by atoms with van der Waals surface area (Å²) in [6.45, 7) is 2.60. The quantitative estimate of drug-likeness (QED) is 0.500. The van der Waals surface area contributed by atoms with Gasteiger partial charge in [0.15, 0.2) is 0 Å². The van der Waals surface area contributed by atoms with E-state index in [0.717, 1.165) is 12.1 Å². The molecule has 2 heterocycles. The zero-order chi connectivity index (χ0) is 9.42. The van der Waals surface area contributed by atoms with Gasteiger partial charge in [-0.15, -0.1) is 0 Å². The average molecular weight is 182 g/mol. The first-order valence-corrected chi connectivity index (χ1v) is 4.11. The Morgan fingerprint density at radius 2 is 2.62 bits per heavy atom. The fraction of sp³-hybridized carbons (Fsp3) is 0.571. The molecule has 13 heavy (non-hydrogen) atoms. The fourth-order valence-corrected chi connectivity index (χ4v) is 1.46. The molecule has 6 heteroatoms. The first-order chi connectivity index (χ1) is 6.16. The van der Waals surface area contributed by atoms with Gasteiger partial charge in [0, 0.05) is 12.5 Å². The van der Waals surface area contributed by atoms with Gasteiger partial charge in [0.2, 0.25) is 0 Å². The van der Waals surface area contributed by atoms with Crippen LogP contribution in [0.3, 0.4) is 0 Å². The molecule has 1 aromatic heterocycles. The highest BCUT2D eigenvalue weighted by Crippen LogP contribution is 2.15. The molecule has 0 aromatic carbocycles. The molecule has 0 amide bonds. The summed E-state index contributed by atoms with van der Waals surface area (Å²) in [5, 5.41) is 17.4. The van der Waals surface area contributed by atoms with Gasteiger partial charge in [0.05, 0.1) is 16.9 Å². The van der Waals surface area contributed by atoms with Crippen LogP contribution in [0.25, 0.3) is 0 Å². The van der Waals surface area contributed by atoms with E-state index in [1.54, 1.807) is 4.68 Å². The molecule has 0 bridgehead atoms. The average Bonchev–Trinajstić information content (AvgIpc) is 2.46. The molecule has 70 valence electrons. The van der Waals surface area contributed by atoms with Gasteiger partial charge in [-0.05, 0) is 11.8 Å². The van der Waals surface area contributed by atoms with E-state index >= 15 is 0 Å². The van der Waals surface area contributed by atoms with Gasteiger partial charge >= 0.3 is 5.82 Å². The van der Waals surface area contributed by atoms with Crippen LogP contribution >= 0.6 is 0 Å². The third kappa shape index (κ3) is 1.40. The lowest BCUT2D eigenvalue weighted by molar-refractivity contribution is -0.389. The van der Waals surface area contributed by atoms with Crippen molar-refractivity contribution in [2.24, 2.45) is 0 Å². The molecule has 1 atom stereocenters. The van der Waals surface area contributed by atoms with Crippen LogP contribution in [-0.2, 0) is 13.1 Å². The lowest BCUT2D eigenvalue weighted by Crippen LogP contribution is -2.36. The molecular formula is C7H10N4O2. The third-order valence-corrected chi connectivity index (χ3v) is 2.14. The molecule has 6 nitrogen and oxygen atoms in total. The SMILES string of the molecule is CC1Cc2cc([N+](=O)[O-])nn2CN1. The molecule has 1 N–H and O–H groups in total. The van der Waals surface area contributed by atoms with Crippen molar-refractivity contribution in [2.45, 2.75) is 26.1 Å². The number of fused-ring (bicyclic) bond motifs is 1. The van der Waals surface area contributed by atoms with E-state index in [-0.39, 0.29) is 5.82 Å². The van der Waals surface area contributed by atoms with Crippen LogP contribution < -0.4 is 5.32 Å². The molecule has 0 saturated carbocycles. The lowest BCUT2D eigenvalue weighted by atomic mass is 10.1. The minimum Gasteiger partial charge on any atom is -0.358 e. The molecule has 1 aromatic rings. The third-order valence-electron chi connectivity index (χ3n) is 2.14. The number of hydrogen-bond acceptors (Lipinski definition) is 4. The van der Waals surface area contributed by atoms with Crippen molar-refractivity contribution < 1.29 is 4.92 Å². The highest BCUT2D eigenvalue weighted by Gasteiger charge is 2.22. The Balaban J connectivity index is 2.33. The van der Waals surface area contributed by atoms with E-state index in [4.69, 9.17) is 0 Å². The minimum atomic E-state index is -0.462. The van der Waals surface area contributed by atoms with E-state index in [1.807, 2.05) is 6.92 Å². The van der Waals surface area contributed by atoms with Crippen LogP contribution in [0.15, 0.2) is 6.07 Å². The number of nitrogens with zero attached hydrogens (tertiary/aromatic N) is 3. The number of nitro groups is 1. The summed E-state index contributed by atoms with van der Waals surface area (Å²) in [5.41, 5.74) is 0.929. The zero-order valence-corrected chi connectivity index (χ0v) is 7.23. The Kier molecular flexibility index (Phi) is 1.77. The van der Waals surface area contributed by atoms with Crippen molar-refractivity contribution in [3.8, 4) is 0 Å². The Morgan fingerprint density at radius 1 is 1.85 bits per heavy atom. The Hall–Kier alpha value is -1.43. The maximum absolute atomic E-state index is 10.4. The van der Waals surface area contributed by atoms with Crippen molar-refractivity contribution in [1.82, 2.24) is 15.1 Å². The van der Waals surface area contributed by atoms with E-state index < -0.39 is 4.92 Å². The summed E-state index contributed by atoms with van der Waals surface area (Å²) >= 11 is 0. The second-order valence-corrected chi connectivity index (χ2v) is 3.22. The normalized spacial score (nSPS) is 21.2. The van der Waals surface area contributed by atoms with Crippen molar-refractivity contribution in [2.75, 3.05) is 0 Å². The highest BCUT2D eigenvalue weighted by molar-refractivity contribution is 5.23. The summed E-state index contributed by atoms with van der Waals surface area (Å²) < 4.78 is 1.64. The van der Waals surface area contributed by atoms with Gasteiger partial charge < -0.3 is 10.1 Å². The molecule has 0 spiro atoms. The van der Waals surface area contributed by atoms with Crippen LogP contribution in [0.4, 0.5) is 5.82 Å². The van der Waals surface area contributed by atoms with Crippen molar-refractivity contribution in [3.63, 3.8) is 0 Å². The summed E-state index contributed by atoms with van der Waals surface area (Å²) in [5.74, 6) is -0.0640.